The Bertz CT molecular complexity index is 1650. The van der Waals surface area contributed by atoms with E-state index in [1.165, 1.54) is 0 Å². The molecule has 4 heterocycles. The van der Waals surface area contributed by atoms with E-state index in [-0.39, 0.29) is 30.0 Å². The van der Waals surface area contributed by atoms with Crippen LogP contribution in [0.25, 0.3) is 11.1 Å². The second-order valence-electron chi connectivity index (χ2n) is 13.4. The number of nitrogens with zero attached hydrogens (tertiary/aromatic N) is 4. The van der Waals surface area contributed by atoms with Crippen LogP contribution in [0.15, 0.2) is 41.3 Å². The molecule has 238 valence electrons. The number of carbonyl (C=O) groups excluding carboxylic acids is 2. The third kappa shape index (κ3) is 5.67. The summed E-state index contributed by atoms with van der Waals surface area (Å²) in [6.07, 6.45) is 6.92. The molecule has 2 aromatic heterocycles. The number of fused-ring (bicyclic) bond motifs is 2. The summed E-state index contributed by atoms with van der Waals surface area (Å²) in [7, 11) is 2.14. The number of piperazine rings is 1. The van der Waals surface area contributed by atoms with Gasteiger partial charge in [0.25, 0.3) is 11.5 Å². The summed E-state index contributed by atoms with van der Waals surface area (Å²) < 4.78 is 0. The lowest BCUT2D eigenvalue weighted by Crippen LogP contribution is -2.44. The molecule has 0 radical (unpaired) electrons. The number of aromatic nitrogens is 2. The number of amides is 2. The largest absolute Gasteiger partial charge is 0.354 e. The normalized spacial score (nSPS) is 17.9. The van der Waals surface area contributed by atoms with E-state index in [1.807, 2.05) is 44.0 Å². The lowest BCUT2D eigenvalue weighted by molar-refractivity contribution is -0.123. The van der Waals surface area contributed by atoms with E-state index in [4.69, 9.17) is 4.98 Å². The first-order valence-corrected chi connectivity index (χ1v) is 16.5. The first-order chi connectivity index (χ1) is 21.6. The van der Waals surface area contributed by atoms with Crippen LogP contribution in [0.4, 0.5) is 11.5 Å². The van der Waals surface area contributed by atoms with Gasteiger partial charge in [0, 0.05) is 78.6 Å². The molecule has 1 aliphatic carbocycles. The van der Waals surface area contributed by atoms with Crippen molar-refractivity contribution in [3.8, 4) is 11.1 Å². The van der Waals surface area contributed by atoms with Gasteiger partial charge in [0.05, 0.1) is 5.41 Å². The highest BCUT2D eigenvalue weighted by Crippen LogP contribution is 2.54. The maximum atomic E-state index is 14.2. The van der Waals surface area contributed by atoms with Crippen LogP contribution in [0.1, 0.15) is 85.6 Å². The molecular weight excluding hydrogens is 564 g/mol. The molecule has 3 aromatic rings. The van der Waals surface area contributed by atoms with Crippen LogP contribution in [0.3, 0.4) is 0 Å². The smallest absolute Gasteiger partial charge is 0.253 e. The molecule has 3 aliphatic rings. The first kappa shape index (κ1) is 31.0. The molecular formula is C36H46N6O3. The fraction of sp³-hybridized carbons (Fsp3) is 0.500. The van der Waals surface area contributed by atoms with E-state index in [9.17, 15) is 14.4 Å². The average molecular weight is 611 g/mol. The SMILES string of the molecule is CCCc1cc(C)[nH]c(=O)c1CNC(=O)c1cc(-c2ccc(N3CCN(C)CC3)nc2)cc2c1C1(CCCC1)C(=O)N2C(C)C. The number of nitrogens with one attached hydrogen (secondary N) is 2. The van der Waals surface area contributed by atoms with E-state index < -0.39 is 5.41 Å². The summed E-state index contributed by atoms with van der Waals surface area (Å²) in [5.41, 5.74) is 5.42. The van der Waals surface area contributed by atoms with Gasteiger partial charge in [-0.3, -0.25) is 14.4 Å². The Balaban J connectivity index is 1.41. The highest BCUT2D eigenvalue weighted by atomic mass is 16.2. The molecule has 2 amide bonds. The molecule has 1 aromatic carbocycles. The van der Waals surface area contributed by atoms with Crippen LogP contribution >= 0.6 is 0 Å². The quantitative estimate of drug-likeness (QED) is 0.375. The second-order valence-corrected chi connectivity index (χ2v) is 13.4. The van der Waals surface area contributed by atoms with Gasteiger partial charge in [-0.15, -0.1) is 0 Å². The third-order valence-corrected chi connectivity index (χ3v) is 9.92. The van der Waals surface area contributed by atoms with E-state index >= 15 is 0 Å². The number of likely N-dealkylation sites (N-methyl/N-ethyl adjacent to an activating group) is 1. The molecule has 6 rings (SSSR count). The minimum atomic E-state index is -0.691. The Kier molecular flexibility index (Phi) is 8.57. The Morgan fingerprint density at radius 3 is 2.42 bits per heavy atom. The number of aromatic amines is 1. The van der Waals surface area contributed by atoms with Crippen molar-refractivity contribution in [3.05, 3.63) is 74.8 Å². The third-order valence-electron chi connectivity index (χ3n) is 9.92. The van der Waals surface area contributed by atoms with Gasteiger partial charge >= 0.3 is 0 Å². The number of aryl methyl sites for hydroxylation is 2. The fourth-order valence-corrected chi connectivity index (χ4v) is 7.58. The molecule has 9 nitrogen and oxygen atoms in total. The molecule has 9 heteroatoms. The number of hydrogen-bond acceptors (Lipinski definition) is 6. The highest BCUT2D eigenvalue weighted by Gasteiger charge is 2.54. The van der Waals surface area contributed by atoms with Crippen molar-refractivity contribution >= 4 is 23.3 Å². The van der Waals surface area contributed by atoms with Crippen molar-refractivity contribution < 1.29 is 9.59 Å². The Morgan fingerprint density at radius 1 is 1.04 bits per heavy atom. The zero-order valence-corrected chi connectivity index (χ0v) is 27.3. The van der Waals surface area contributed by atoms with Crippen LogP contribution in [-0.4, -0.2) is 66.0 Å². The van der Waals surface area contributed by atoms with Crippen molar-refractivity contribution in [2.24, 2.45) is 0 Å². The number of H-pyrrole nitrogens is 1. The monoisotopic (exact) mass is 610 g/mol. The van der Waals surface area contributed by atoms with E-state index in [2.05, 4.69) is 52.3 Å². The predicted molar refractivity (Wildman–Crippen MR) is 179 cm³/mol. The molecule has 1 saturated heterocycles. The van der Waals surface area contributed by atoms with Crippen LogP contribution in [0, 0.1) is 6.92 Å². The van der Waals surface area contributed by atoms with Crippen LogP contribution < -0.4 is 20.7 Å². The minimum Gasteiger partial charge on any atom is -0.354 e. The number of carbonyl (C=O) groups is 2. The van der Waals surface area contributed by atoms with Gasteiger partial charge in [0.1, 0.15) is 5.82 Å². The molecule has 2 fully saturated rings. The van der Waals surface area contributed by atoms with Crippen molar-refractivity contribution in [2.75, 3.05) is 43.0 Å². The summed E-state index contributed by atoms with van der Waals surface area (Å²) in [4.78, 5) is 55.6. The lowest BCUT2D eigenvalue weighted by Gasteiger charge is -2.33. The topological polar surface area (TPSA) is 102 Å². The van der Waals surface area contributed by atoms with Crippen LogP contribution in [0.5, 0.6) is 0 Å². The predicted octanol–water partition coefficient (Wildman–Crippen LogP) is 4.95. The molecule has 45 heavy (non-hydrogen) atoms. The zero-order chi connectivity index (χ0) is 31.9. The summed E-state index contributed by atoms with van der Waals surface area (Å²) in [6.45, 7) is 12.0. The van der Waals surface area contributed by atoms with Crippen LogP contribution in [-0.2, 0) is 23.2 Å². The van der Waals surface area contributed by atoms with Crippen molar-refractivity contribution in [3.63, 3.8) is 0 Å². The van der Waals surface area contributed by atoms with Gasteiger partial charge in [-0.2, -0.15) is 0 Å². The highest BCUT2D eigenvalue weighted by molar-refractivity contribution is 6.13. The summed E-state index contributed by atoms with van der Waals surface area (Å²) in [6, 6.07) is 10.1. The van der Waals surface area contributed by atoms with Gasteiger partial charge in [0.15, 0.2) is 0 Å². The molecule has 0 bridgehead atoms. The first-order valence-electron chi connectivity index (χ1n) is 16.5. The van der Waals surface area contributed by atoms with E-state index in [1.54, 1.807) is 0 Å². The van der Waals surface area contributed by atoms with E-state index in [0.29, 0.717) is 11.1 Å². The number of pyridine rings is 2. The second kappa shape index (κ2) is 12.4. The standard InChI is InChI=1S/C36H46N6O3/c1-6-9-25-18-24(4)39-34(44)29(25)22-38-33(43)28-19-27(26-10-11-31(37-21-26)41-16-14-40(5)15-17-41)20-30-32(28)36(12-7-8-13-36)35(45)42(30)23(2)3/h10-11,18-21,23H,6-9,12-17,22H2,1-5H3,(H,38,43)(H,39,44). The van der Waals surface area contributed by atoms with Gasteiger partial charge in [-0.25, -0.2) is 4.98 Å². The van der Waals surface area contributed by atoms with Gasteiger partial charge in [0.2, 0.25) is 5.91 Å². The minimum absolute atomic E-state index is 0.0529. The summed E-state index contributed by atoms with van der Waals surface area (Å²) in [5.74, 6) is 0.781. The fourth-order valence-electron chi connectivity index (χ4n) is 7.58. The van der Waals surface area contributed by atoms with Crippen LogP contribution in [0.2, 0.25) is 0 Å². The van der Waals surface area contributed by atoms with Crippen molar-refractivity contribution in [2.45, 2.75) is 84.2 Å². The Labute approximate surface area is 266 Å². The van der Waals surface area contributed by atoms with Crippen molar-refractivity contribution in [1.29, 1.82) is 0 Å². The zero-order valence-electron chi connectivity index (χ0n) is 27.3. The van der Waals surface area contributed by atoms with Gasteiger partial charge in [-0.05, 0) is 88.5 Å². The Morgan fingerprint density at radius 2 is 1.78 bits per heavy atom. The van der Waals surface area contributed by atoms with Crippen molar-refractivity contribution in [1.82, 2.24) is 20.2 Å². The van der Waals surface area contributed by atoms with E-state index in [0.717, 1.165) is 104 Å². The lowest BCUT2D eigenvalue weighted by atomic mass is 9.77. The summed E-state index contributed by atoms with van der Waals surface area (Å²) >= 11 is 0. The molecule has 0 atom stereocenters. The molecule has 1 saturated carbocycles. The number of rotatable bonds is 8. The maximum absolute atomic E-state index is 14.2. The van der Waals surface area contributed by atoms with Gasteiger partial charge in [-0.1, -0.05) is 26.2 Å². The number of benzene rings is 1. The molecule has 0 unspecified atom stereocenters. The number of hydrogen-bond donors (Lipinski definition) is 2. The number of anilines is 2. The molecule has 1 spiro atoms. The molecule has 2 aliphatic heterocycles. The van der Waals surface area contributed by atoms with Gasteiger partial charge < -0.3 is 25.0 Å². The summed E-state index contributed by atoms with van der Waals surface area (Å²) in [5, 5.41) is 3.09. The Hall–Kier alpha value is -3.98. The maximum Gasteiger partial charge on any atom is 0.253 e. The average Bonchev–Trinajstić information content (AvgIpc) is 3.60. The molecule has 2 N–H and O–H groups in total.